The molecule has 14 nitrogen and oxygen atoms in total. The molecule has 0 aromatic heterocycles. The van der Waals surface area contributed by atoms with Crippen LogP contribution in [0.1, 0.15) is 34.1 Å². The standard InChI is InChI=1S/C21H35N2O12P/c1-13(2)19(25)31-9-7-22-18(24)16(6)33-12-17(11-15(5)35-36(28,29)30)34-21(27)23-8-10-32-20(26)14(3)4/h15-17H,1,3,7-12H2,2,4-6H3,(H,22,24)(H,23,27)(H2,28,29,30). The first-order valence-corrected chi connectivity index (χ1v) is 12.4. The summed E-state index contributed by atoms with van der Waals surface area (Å²) in [5.41, 5.74) is 0.415. The van der Waals surface area contributed by atoms with E-state index < -0.39 is 50.1 Å². The Labute approximate surface area is 209 Å². The molecule has 15 heteroatoms. The van der Waals surface area contributed by atoms with Crippen molar-refractivity contribution in [1.29, 1.82) is 0 Å². The number of nitrogens with one attached hydrogen (secondary N) is 2. The van der Waals surface area contributed by atoms with Crippen LogP contribution in [0.5, 0.6) is 0 Å². The van der Waals surface area contributed by atoms with Gasteiger partial charge in [0, 0.05) is 17.6 Å². The highest BCUT2D eigenvalue weighted by Crippen LogP contribution is 2.38. The second kappa shape index (κ2) is 16.8. The van der Waals surface area contributed by atoms with Gasteiger partial charge < -0.3 is 39.4 Å². The lowest BCUT2D eigenvalue weighted by Crippen LogP contribution is -2.40. The lowest BCUT2D eigenvalue weighted by molar-refractivity contribution is -0.140. The fourth-order valence-electron chi connectivity index (χ4n) is 2.32. The van der Waals surface area contributed by atoms with Gasteiger partial charge in [-0.25, -0.2) is 18.9 Å². The minimum absolute atomic E-state index is 0.0248. The van der Waals surface area contributed by atoms with E-state index in [-0.39, 0.29) is 50.5 Å². The van der Waals surface area contributed by atoms with Gasteiger partial charge in [-0.3, -0.25) is 9.32 Å². The molecule has 36 heavy (non-hydrogen) atoms. The van der Waals surface area contributed by atoms with Crippen molar-refractivity contribution in [2.45, 2.75) is 52.4 Å². The Morgan fingerprint density at radius 3 is 1.89 bits per heavy atom. The number of alkyl carbamates (subject to hydrolysis) is 1. The third-order valence-corrected chi connectivity index (χ3v) is 4.66. The molecule has 2 amide bonds. The summed E-state index contributed by atoms with van der Waals surface area (Å²) < 4.78 is 35.9. The Morgan fingerprint density at radius 1 is 0.917 bits per heavy atom. The molecule has 0 aliphatic rings. The summed E-state index contributed by atoms with van der Waals surface area (Å²) in [5, 5.41) is 4.84. The van der Waals surface area contributed by atoms with E-state index in [4.69, 9.17) is 28.7 Å². The van der Waals surface area contributed by atoms with Gasteiger partial charge in [-0.1, -0.05) is 13.2 Å². The van der Waals surface area contributed by atoms with Crippen molar-refractivity contribution in [2.24, 2.45) is 0 Å². The number of esters is 2. The molecule has 0 spiro atoms. The van der Waals surface area contributed by atoms with Crippen LogP contribution in [0.15, 0.2) is 24.3 Å². The van der Waals surface area contributed by atoms with E-state index in [1.54, 1.807) is 0 Å². The molecule has 4 N–H and O–H groups in total. The zero-order valence-electron chi connectivity index (χ0n) is 20.8. The fourth-order valence-corrected chi connectivity index (χ4v) is 2.88. The summed E-state index contributed by atoms with van der Waals surface area (Å²) in [6.07, 6.45) is -4.19. The maximum atomic E-state index is 12.2. The minimum atomic E-state index is -4.79. The first-order valence-electron chi connectivity index (χ1n) is 10.8. The van der Waals surface area contributed by atoms with Crippen LogP contribution < -0.4 is 10.6 Å². The summed E-state index contributed by atoms with van der Waals surface area (Å²) in [4.78, 5) is 64.8. The second-order valence-electron chi connectivity index (χ2n) is 7.70. The van der Waals surface area contributed by atoms with E-state index in [2.05, 4.69) is 28.3 Å². The Bertz CT molecular complexity index is 841. The molecule has 0 saturated heterocycles. The van der Waals surface area contributed by atoms with E-state index in [9.17, 15) is 23.7 Å². The van der Waals surface area contributed by atoms with E-state index in [0.717, 1.165) is 0 Å². The quantitative estimate of drug-likeness (QED) is 0.0667. The Balaban J connectivity index is 4.75. The van der Waals surface area contributed by atoms with Crippen LogP contribution in [0.3, 0.4) is 0 Å². The van der Waals surface area contributed by atoms with Gasteiger partial charge in [-0.05, 0) is 27.7 Å². The number of rotatable bonds is 17. The first kappa shape index (κ1) is 33.2. The third-order valence-electron chi connectivity index (χ3n) is 4.02. The SMILES string of the molecule is C=C(C)C(=O)OCCNC(=O)OC(COC(C)C(=O)NCCOC(=O)C(=C)C)CC(C)OP(=O)(O)O. The van der Waals surface area contributed by atoms with Gasteiger partial charge in [0.15, 0.2) is 0 Å². The van der Waals surface area contributed by atoms with Crippen LogP contribution in [-0.2, 0) is 42.4 Å². The van der Waals surface area contributed by atoms with Crippen molar-refractivity contribution >= 4 is 31.8 Å². The van der Waals surface area contributed by atoms with Crippen LogP contribution in [0, 0.1) is 0 Å². The van der Waals surface area contributed by atoms with E-state index in [1.807, 2.05) is 0 Å². The largest absolute Gasteiger partial charge is 0.469 e. The molecular weight excluding hydrogens is 503 g/mol. The summed E-state index contributed by atoms with van der Waals surface area (Å²) in [7, 11) is -4.79. The molecule has 3 atom stereocenters. The van der Waals surface area contributed by atoms with Gasteiger partial charge in [0.1, 0.15) is 25.4 Å². The molecule has 206 valence electrons. The summed E-state index contributed by atoms with van der Waals surface area (Å²) in [5.74, 6) is -1.75. The third kappa shape index (κ3) is 16.8. The van der Waals surface area contributed by atoms with Gasteiger partial charge in [-0.15, -0.1) is 0 Å². The van der Waals surface area contributed by atoms with Crippen LogP contribution in [-0.4, -0.2) is 84.9 Å². The normalized spacial score (nSPS) is 13.5. The molecule has 0 heterocycles. The number of ether oxygens (including phenoxy) is 4. The van der Waals surface area contributed by atoms with Crippen LogP contribution in [0.4, 0.5) is 4.79 Å². The lowest BCUT2D eigenvalue weighted by Gasteiger charge is -2.23. The lowest BCUT2D eigenvalue weighted by atomic mass is 10.2. The van der Waals surface area contributed by atoms with Gasteiger partial charge in [0.25, 0.3) is 0 Å². The summed E-state index contributed by atoms with van der Waals surface area (Å²) in [6.45, 7) is 12.0. The number of hydrogen-bond donors (Lipinski definition) is 4. The molecule has 0 fully saturated rings. The molecule has 0 bridgehead atoms. The number of phosphoric acid groups is 1. The van der Waals surface area contributed by atoms with Gasteiger partial charge in [0.05, 0.1) is 25.8 Å². The van der Waals surface area contributed by atoms with Crippen LogP contribution in [0.2, 0.25) is 0 Å². The molecule has 0 saturated carbocycles. The zero-order chi connectivity index (χ0) is 27.9. The molecule has 0 aliphatic heterocycles. The predicted molar refractivity (Wildman–Crippen MR) is 125 cm³/mol. The molecule has 0 radical (unpaired) electrons. The van der Waals surface area contributed by atoms with E-state index in [1.165, 1.54) is 27.7 Å². The van der Waals surface area contributed by atoms with Crippen molar-refractivity contribution in [2.75, 3.05) is 32.9 Å². The predicted octanol–water partition coefficient (Wildman–Crippen LogP) is 0.729. The molecule has 0 aromatic rings. The molecular formula is C21H35N2O12P. The monoisotopic (exact) mass is 538 g/mol. The smallest absolute Gasteiger partial charge is 0.460 e. The zero-order valence-corrected chi connectivity index (χ0v) is 21.7. The second-order valence-corrected chi connectivity index (χ2v) is 8.89. The minimum Gasteiger partial charge on any atom is -0.460 e. The Kier molecular flexibility index (Phi) is 15.5. The highest BCUT2D eigenvalue weighted by Gasteiger charge is 2.26. The van der Waals surface area contributed by atoms with Crippen molar-refractivity contribution < 1.29 is 57.0 Å². The van der Waals surface area contributed by atoms with Crippen molar-refractivity contribution in [1.82, 2.24) is 10.6 Å². The van der Waals surface area contributed by atoms with Crippen LogP contribution >= 0.6 is 7.82 Å². The maximum absolute atomic E-state index is 12.2. The topological polar surface area (TPSA) is 196 Å². The van der Waals surface area contributed by atoms with Crippen molar-refractivity contribution in [3.8, 4) is 0 Å². The molecule has 0 aromatic carbocycles. The van der Waals surface area contributed by atoms with Gasteiger partial charge >= 0.3 is 25.9 Å². The van der Waals surface area contributed by atoms with Gasteiger partial charge in [0.2, 0.25) is 5.91 Å². The van der Waals surface area contributed by atoms with Crippen molar-refractivity contribution in [3.05, 3.63) is 24.3 Å². The maximum Gasteiger partial charge on any atom is 0.469 e. The number of phosphoric ester groups is 1. The van der Waals surface area contributed by atoms with Gasteiger partial charge in [-0.2, -0.15) is 0 Å². The Morgan fingerprint density at radius 2 is 1.42 bits per heavy atom. The number of hydrogen-bond acceptors (Lipinski definition) is 10. The molecule has 0 aliphatic carbocycles. The summed E-state index contributed by atoms with van der Waals surface area (Å²) in [6, 6.07) is 0. The Hall–Kier alpha value is -2.77. The number of carbonyl (C=O) groups is 4. The number of carbonyl (C=O) groups excluding carboxylic acids is 4. The average Bonchev–Trinajstić information content (AvgIpc) is 2.75. The summed E-state index contributed by atoms with van der Waals surface area (Å²) >= 11 is 0. The molecule has 0 rings (SSSR count). The highest BCUT2D eigenvalue weighted by molar-refractivity contribution is 7.46. The first-order chi connectivity index (χ1) is 16.6. The highest BCUT2D eigenvalue weighted by atomic mass is 31.2. The number of amides is 2. The molecule has 3 unspecified atom stereocenters. The fraction of sp³-hybridized carbons (Fsp3) is 0.619. The van der Waals surface area contributed by atoms with Crippen molar-refractivity contribution in [3.63, 3.8) is 0 Å². The average molecular weight is 538 g/mol. The van der Waals surface area contributed by atoms with E-state index >= 15 is 0 Å². The van der Waals surface area contributed by atoms with Crippen LogP contribution in [0.25, 0.3) is 0 Å². The van der Waals surface area contributed by atoms with E-state index in [0.29, 0.717) is 0 Å².